The first-order valence-corrected chi connectivity index (χ1v) is 6.05. The molecule has 6 heteroatoms. The summed E-state index contributed by atoms with van der Waals surface area (Å²) in [5.74, 6) is 0.318. The molecule has 0 aliphatic carbocycles. The van der Waals surface area contributed by atoms with Crippen molar-refractivity contribution < 1.29 is 14.5 Å². The molecule has 0 saturated heterocycles. The van der Waals surface area contributed by atoms with Crippen LogP contribution in [0.5, 0.6) is 5.75 Å². The lowest BCUT2D eigenvalue weighted by atomic mass is 9.91. The number of benzene rings is 1. The highest BCUT2D eigenvalue weighted by molar-refractivity contribution is 5.94. The predicted octanol–water partition coefficient (Wildman–Crippen LogP) is 3.14. The largest absolute Gasteiger partial charge is 0.494 e. The number of anilines is 1. The van der Waals surface area contributed by atoms with E-state index in [2.05, 4.69) is 5.32 Å². The van der Waals surface area contributed by atoms with E-state index in [1.807, 2.05) is 20.8 Å². The van der Waals surface area contributed by atoms with Crippen molar-refractivity contribution in [2.75, 3.05) is 12.4 Å². The summed E-state index contributed by atoms with van der Waals surface area (Å²) in [6.07, 6.45) is 2.93. The molecule has 1 rings (SSSR count). The Morgan fingerprint density at radius 1 is 1.40 bits per heavy atom. The lowest BCUT2D eigenvalue weighted by Gasteiger charge is -2.13. The highest BCUT2D eigenvalue weighted by Gasteiger charge is 2.18. The minimum absolute atomic E-state index is 0.0223. The molecule has 0 fully saturated rings. The van der Waals surface area contributed by atoms with Crippen LogP contribution in [0.2, 0.25) is 0 Å². The quantitative estimate of drug-likeness (QED) is 0.508. The van der Waals surface area contributed by atoms with E-state index in [9.17, 15) is 14.9 Å². The Morgan fingerprint density at radius 3 is 2.55 bits per heavy atom. The van der Waals surface area contributed by atoms with Crippen molar-refractivity contribution in [2.24, 2.45) is 5.41 Å². The van der Waals surface area contributed by atoms with E-state index < -0.39 is 10.3 Å². The maximum absolute atomic E-state index is 11.7. The molecule has 0 radical (unpaired) electrons. The van der Waals surface area contributed by atoms with Gasteiger partial charge >= 0.3 is 0 Å². The number of nitro benzene ring substituents is 1. The Hall–Kier alpha value is -2.37. The second-order valence-corrected chi connectivity index (χ2v) is 5.23. The lowest BCUT2D eigenvalue weighted by molar-refractivity contribution is -0.384. The van der Waals surface area contributed by atoms with E-state index in [1.54, 1.807) is 0 Å². The summed E-state index contributed by atoms with van der Waals surface area (Å²) in [6.45, 7) is 5.48. The van der Waals surface area contributed by atoms with E-state index >= 15 is 0 Å². The molecule has 0 saturated carbocycles. The van der Waals surface area contributed by atoms with E-state index in [-0.39, 0.29) is 11.5 Å². The third kappa shape index (κ3) is 4.08. The number of nitro groups is 1. The number of nitrogens with one attached hydrogen (secondary N) is 1. The number of carbonyl (C=O) groups is 1. The highest BCUT2D eigenvalue weighted by Crippen LogP contribution is 2.29. The molecule has 108 valence electrons. The van der Waals surface area contributed by atoms with Crippen molar-refractivity contribution in [3.63, 3.8) is 0 Å². The summed E-state index contributed by atoms with van der Waals surface area (Å²) in [5.41, 5.74) is 0.0517. The molecule has 1 aromatic carbocycles. The van der Waals surface area contributed by atoms with Crippen molar-refractivity contribution >= 4 is 17.2 Å². The standard InChI is InChI=1S/C14H18N2O4/c1-14(2,3)13(17)7-8-15-11-6-5-10(16(18)19)9-12(11)20-4/h5-9,15H,1-4H3/b8-7+. The zero-order valence-electron chi connectivity index (χ0n) is 12.0. The summed E-state index contributed by atoms with van der Waals surface area (Å²) in [4.78, 5) is 21.9. The van der Waals surface area contributed by atoms with Gasteiger partial charge in [-0.15, -0.1) is 0 Å². The number of rotatable bonds is 5. The number of carbonyl (C=O) groups excluding carboxylic acids is 1. The topological polar surface area (TPSA) is 81.5 Å². The van der Waals surface area contributed by atoms with Gasteiger partial charge < -0.3 is 10.1 Å². The average Bonchev–Trinajstić information content (AvgIpc) is 2.37. The fourth-order valence-corrected chi connectivity index (χ4v) is 1.37. The number of hydrogen-bond donors (Lipinski definition) is 1. The van der Waals surface area contributed by atoms with Gasteiger partial charge in [-0.1, -0.05) is 20.8 Å². The highest BCUT2D eigenvalue weighted by atomic mass is 16.6. The second kappa shape index (κ2) is 6.18. The Labute approximate surface area is 117 Å². The summed E-state index contributed by atoms with van der Waals surface area (Å²) in [7, 11) is 1.42. The van der Waals surface area contributed by atoms with Crippen LogP contribution >= 0.6 is 0 Å². The predicted molar refractivity (Wildman–Crippen MR) is 76.9 cm³/mol. The molecular weight excluding hydrogens is 260 g/mol. The smallest absolute Gasteiger partial charge is 0.273 e. The molecule has 1 N–H and O–H groups in total. The van der Waals surface area contributed by atoms with Gasteiger partial charge in [0.2, 0.25) is 0 Å². The Morgan fingerprint density at radius 2 is 2.05 bits per heavy atom. The molecule has 0 unspecified atom stereocenters. The number of methoxy groups -OCH3 is 1. The molecular formula is C14H18N2O4. The van der Waals surface area contributed by atoms with Crippen LogP contribution in [0.4, 0.5) is 11.4 Å². The summed E-state index contributed by atoms with van der Waals surface area (Å²) < 4.78 is 5.08. The maximum Gasteiger partial charge on any atom is 0.273 e. The van der Waals surface area contributed by atoms with Crippen LogP contribution in [0.1, 0.15) is 20.8 Å². The molecule has 0 aliphatic heterocycles. The van der Waals surface area contributed by atoms with Gasteiger partial charge in [-0.25, -0.2) is 0 Å². The first kappa shape index (κ1) is 15.7. The normalized spacial score (nSPS) is 11.4. The molecule has 0 aliphatic rings. The average molecular weight is 278 g/mol. The van der Waals surface area contributed by atoms with E-state index in [0.29, 0.717) is 11.4 Å². The molecule has 0 spiro atoms. The van der Waals surface area contributed by atoms with Crippen LogP contribution in [0.15, 0.2) is 30.5 Å². The third-order valence-electron chi connectivity index (χ3n) is 2.61. The maximum atomic E-state index is 11.7. The Kier molecular flexibility index (Phi) is 4.85. The van der Waals surface area contributed by atoms with Gasteiger partial charge in [0.05, 0.1) is 23.8 Å². The molecule has 0 aromatic heterocycles. The van der Waals surface area contributed by atoms with Crippen LogP contribution in [-0.2, 0) is 4.79 Å². The molecule has 0 heterocycles. The fraction of sp³-hybridized carbons (Fsp3) is 0.357. The number of nitrogens with zero attached hydrogens (tertiary/aromatic N) is 1. The minimum Gasteiger partial charge on any atom is -0.494 e. The number of allylic oxidation sites excluding steroid dienone is 1. The Balaban J connectivity index is 2.86. The SMILES string of the molecule is COc1cc([N+](=O)[O-])ccc1N/C=C/C(=O)C(C)(C)C. The van der Waals surface area contributed by atoms with Gasteiger partial charge in [-0.05, 0) is 12.1 Å². The zero-order valence-corrected chi connectivity index (χ0v) is 12.0. The van der Waals surface area contributed by atoms with Gasteiger partial charge in [0.25, 0.3) is 5.69 Å². The summed E-state index contributed by atoms with van der Waals surface area (Å²) in [5, 5.41) is 13.5. The van der Waals surface area contributed by atoms with Crippen molar-refractivity contribution in [3.05, 3.63) is 40.6 Å². The third-order valence-corrected chi connectivity index (χ3v) is 2.61. The first-order chi connectivity index (χ1) is 9.25. The van der Waals surface area contributed by atoms with Crippen LogP contribution in [0, 0.1) is 15.5 Å². The second-order valence-electron chi connectivity index (χ2n) is 5.23. The molecule has 6 nitrogen and oxygen atoms in total. The van der Waals surface area contributed by atoms with Gasteiger partial charge in [0, 0.05) is 17.7 Å². The zero-order chi connectivity index (χ0) is 15.3. The van der Waals surface area contributed by atoms with Crippen molar-refractivity contribution in [2.45, 2.75) is 20.8 Å². The molecule has 0 atom stereocenters. The Bertz CT molecular complexity index is 545. The molecule has 20 heavy (non-hydrogen) atoms. The van der Waals surface area contributed by atoms with E-state index in [4.69, 9.17) is 4.74 Å². The summed E-state index contributed by atoms with van der Waals surface area (Å²) >= 11 is 0. The van der Waals surface area contributed by atoms with Gasteiger partial charge in [0.15, 0.2) is 5.78 Å². The van der Waals surface area contributed by atoms with E-state index in [1.165, 1.54) is 37.6 Å². The van der Waals surface area contributed by atoms with Crippen LogP contribution in [0.3, 0.4) is 0 Å². The number of ether oxygens (including phenoxy) is 1. The van der Waals surface area contributed by atoms with Crippen LogP contribution in [-0.4, -0.2) is 17.8 Å². The number of hydrogen-bond acceptors (Lipinski definition) is 5. The van der Waals surface area contributed by atoms with Crippen molar-refractivity contribution in [3.8, 4) is 5.75 Å². The first-order valence-electron chi connectivity index (χ1n) is 6.05. The molecule has 0 amide bonds. The molecule has 0 bridgehead atoms. The molecule has 1 aromatic rings. The van der Waals surface area contributed by atoms with Gasteiger partial charge in [0.1, 0.15) is 5.75 Å². The van der Waals surface area contributed by atoms with Crippen LogP contribution < -0.4 is 10.1 Å². The number of ketones is 1. The summed E-state index contributed by atoms with van der Waals surface area (Å²) in [6, 6.07) is 4.22. The van der Waals surface area contributed by atoms with Gasteiger partial charge in [-0.3, -0.25) is 14.9 Å². The minimum atomic E-state index is -0.495. The van der Waals surface area contributed by atoms with Crippen molar-refractivity contribution in [1.82, 2.24) is 0 Å². The van der Waals surface area contributed by atoms with E-state index in [0.717, 1.165) is 0 Å². The number of non-ortho nitro benzene ring substituents is 1. The van der Waals surface area contributed by atoms with Crippen LogP contribution in [0.25, 0.3) is 0 Å². The van der Waals surface area contributed by atoms with Crippen molar-refractivity contribution in [1.29, 1.82) is 0 Å². The lowest BCUT2D eigenvalue weighted by Crippen LogP contribution is -2.17. The van der Waals surface area contributed by atoms with Gasteiger partial charge in [-0.2, -0.15) is 0 Å². The fourth-order valence-electron chi connectivity index (χ4n) is 1.37. The monoisotopic (exact) mass is 278 g/mol.